The number of nitrogens with zero attached hydrogens (tertiary/aromatic N) is 1. The molecule has 0 bridgehead atoms. The number of H-pyrrole nitrogens is 1. The highest BCUT2D eigenvalue weighted by Gasteiger charge is 2.09. The number of nitrogens with one attached hydrogen (secondary N) is 1. The van der Waals surface area contributed by atoms with Crippen LogP contribution >= 0.6 is 0 Å². The van der Waals surface area contributed by atoms with E-state index in [0.717, 1.165) is 25.3 Å². The fraction of sp³-hybridized carbons (Fsp3) is 0.444. The van der Waals surface area contributed by atoms with Gasteiger partial charge in [-0.1, -0.05) is 6.08 Å². The van der Waals surface area contributed by atoms with Crippen LogP contribution in [0.5, 0.6) is 0 Å². The minimum Gasteiger partial charge on any atom is -0.377 e. The van der Waals surface area contributed by atoms with Gasteiger partial charge in [0.05, 0.1) is 19.4 Å². The van der Waals surface area contributed by atoms with E-state index in [1.807, 2.05) is 13.1 Å². The average Bonchev–Trinajstić information content (AvgIpc) is 2.53. The van der Waals surface area contributed by atoms with Crippen molar-refractivity contribution in [2.24, 2.45) is 0 Å². The molecule has 0 aliphatic carbocycles. The number of aromatic amines is 1. The summed E-state index contributed by atoms with van der Waals surface area (Å²) in [6.45, 7) is 3.61. The molecule has 0 aromatic carbocycles. The lowest BCUT2D eigenvalue weighted by Crippen LogP contribution is -2.03. The van der Waals surface area contributed by atoms with Gasteiger partial charge in [0.2, 0.25) is 0 Å². The van der Waals surface area contributed by atoms with Crippen molar-refractivity contribution < 1.29 is 4.74 Å². The molecule has 3 nitrogen and oxygen atoms in total. The molecule has 0 fully saturated rings. The van der Waals surface area contributed by atoms with E-state index >= 15 is 0 Å². The molecule has 0 radical (unpaired) electrons. The van der Waals surface area contributed by atoms with Crippen molar-refractivity contribution in [1.29, 1.82) is 0 Å². The zero-order valence-electron chi connectivity index (χ0n) is 7.13. The predicted octanol–water partition coefficient (Wildman–Crippen LogP) is 1.52. The van der Waals surface area contributed by atoms with Crippen LogP contribution in [0.4, 0.5) is 0 Å². The number of aromatic nitrogens is 2. The number of hydrogen-bond acceptors (Lipinski definition) is 2. The number of hydrogen-bond donors (Lipinski definition) is 1. The molecule has 1 N–H and O–H groups in total. The highest BCUT2D eigenvalue weighted by molar-refractivity contribution is 5.67. The Balaban J connectivity index is 2.29. The molecule has 0 saturated heterocycles. The summed E-state index contributed by atoms with van der Waals surface area (Å²) in [6.07, 6.45) is 5.01. The smallest absolute Gasteiger partial charge is 0.0653 e. The number of aryl methyl sites for hydroxylation is 1. The van der Waals surface area contributed by atoms with E-state index in [4.69, 9.17) is 4.74 Å². The first-order valence-electron chi connectivity index (χ1n) is 4.15. The zero-order chi connectivity index (χ0) is 8.39. The fourth-order valence-electron chi connectivity index (χ4n) is 1.45. The summed E-state index contributed by atoms with van der Waals surface area (Å²) in [5.41, 5.74) is 3.73. The van der Waals surface area contributed by atoms with Crippen LogP contribution in [0.15, 0.2) is 12.3 Å². The lowest BCUT2D eigenvalue weighted by atomic mass is 10.0. The lowest BCUT2D eigenvalue weighted by Gasteiger charge is -2.12. The maximum atomic E-state index is 5.23. The Kier molecular flexibility index (Phi) is 1.96. The van der Waals surface area contributed by atoms with E-state index in [1.165, 1.54) is 11.1 Å². The van der Waals surface area contributed by atoms with Gasteiger partial charge in [-0.15, -0.1) is 0 Å². The second kappa shape index (κ2) is 3.11. The third-order valence-electron chi connectivity index (χ3n) is 2.14. The summed E-state index contributed by atoms with van der Waals surface area (Å²) < 4.78 is 5.23. The van der Waals surface area contributed by atoms with Crippen LogP contribution in [0.1, 0.15) is 17.7 Å². The summed E-state index contributed by atoms with van der Waals surface area (Å²) in [7, 11) is 0. The van der Waals surface area contributed by atoms with Crippen molar-refractivity contribution in [3.05, 3.63) is 23.5 Å². The van der Waals surface area contributed by atoms with Crippen molar-refractivity contribution in [2.75, 3.05) is 13.2 Å². The van der Waals surface area contributed by atoms with Gasteiger partial charge in [-0.3, -0.25) is 5.10 Å². The molecule has 12 heavy (non-hydrogen) atoms. The Morgan fingerprint density at radius 2 is 2.50 bits per heavy atom. The van der Waals surface area contributed by atoms with Gasteiger partial charge in [-0.2, -0.15) is 5.10 Å². The second-order valence-electron chi connectivity index (χ2n) is 2.96. The molecule has 1 aliphatic rings. The first-order chi connectivity index (χ1) is 5.88. The predicted molar refractivity (Wildman–Crippen MR) is 46.7 cm³/mol. The number of ether oxygens (including phenoxy) is 1. The topological polar surface area (TPSA) is 37.9 Å². The molecule has 1 aromatic rings. The maximum Gasteiger partial charge on any atom is 0.0653 e. The quantitative estimate of drug-likeness (QED) is 0.683. The summed E-state index contributed by atoms with van der Waals surface area (Å²) in [4.78, 5) is 0. The van der Waals surface area contributed by atoms with Gasteiger partial charge in [0, 0.05) is 11.3 Å². The Morgan fingerprint density at radius 1 is 1.58 bits per heavy atom. The van der Waals surface area contributed by atoms with E-state index in [2.05, 4.69) is 16.3 Å². The van der Waals surface area contributed by atoms with Crippen molar-refractivity contribution in [3.63, 3.8) is 0 Å². The summed E-state index contributed by atoms with van der Waals surface area (Å²) in [6, 6.07) is 0. The molecule has 0 saturated carbocycles. The first kappa shape index (κ1) is 7.55. The van der Waals surface area contributed by atoms with Gasteiger partial charge in [0.1, 0.15) is 0 Å². The zero-order valence-corrected chi connectivity index (χ0v) is 7.13. The molecule has 0 unspecified atom stereocenters. The highest BCUT2D eigenvalue weighted by Crippen LogP contribution is 2.22. The van der Waals surface area contributed by atoms with Gasteiger partial charge < -0.3 is 4.74 Å². The minimum absolute atomic E-state index is 0.736. The van der Waals surface area contributed by atoms with E-state index in [1.54, 1.807) is 0 Å². The van der Waals surface area contributed by atoms with Gasteiger partial charge >= 0.3 is 0 Å². The third-order valence-corrected chi connectivity index (χ3v) is 2.14. The Morgan fingerprint density at radius 3 is 3.08 bits per heavy atom. The molecular formula is C9H12N2O. The van der Waals surface area contributed by atoms with Gasteiger partial charge in [-0.25, -0.2) is 0 Å². The van der Waals surface area contributed by atoms with Crippen molar-refractivity contribution in [3.8, 4) is 0 Å². The molecule has 0 atom stereocenters. The van der Waals surface area contributed by atoms with Crippen molar-refractivity contribution in [2.45, 2.75) is 13.3 Å². The molecular weight excluding hydrogens is 152 g/mol. The molecule has 1 aliphatic heterocycles. The average molecular weight is 164 g/mol. The summed E-state index contributed by atoms with van der Waals surface area (Å²) in [5.74, 6) is 0. The third kappa shape index (κ3) is 1.28. The molecule has 2 heterocycles. The molecule has 64 valence electrons. The van der Waals surface area contributed by atoms with E-state index < -0.39 is 0 Å². The van der Waals surface area contributed by atoms with Crippen LogP contribution in [0.3, 0.4) is 0 Å². The van der Waals surface area contributed by atoms with Crippen molar-refractivity contribution >= 4 is 5.57 Å². The lowest BCUT2D eigenvalue weighted by molar-refractivity contribution is 0.161. The monoisotopic (exact) mass is 164 g/mol. The minimum atomic E-state index is 0.736. The van der Waals surface area contributed by atoms with Crippen LogP contribution in [0, 0.1) is 6.92 Å². The Bertz CT molecular complexity index is 301. The molecule has 1 aromatic heterocycles. The summed E-state index contributed by atoms with van der Waals surface area (Å²) >= 11 is 0. The van der Waals surface area contributed by atoms with Gasteiger partial charge in [0.15, 0.2) is 0 Å². The maximum absolute atomic E-state index is 5.23. The van der Waals surface area contributed by atoms with Gasteiger partial charge in [0.25, 0.3) is 0 Å². The van der Waals surface area contributed by atoms with E-state index in [0.29, 0.717) is 0 Å². The standard InChI is InChI=1S/C9H12N2O/c1-7-9(6-10-11-7)8-2-4-12-5-3-8/h2,6H,3-5H2,1H3,(H,10,11). The number of rotatable bonds is 1. The van der Waals surface area contributed by atoms with Gasteiger partial charge in [-0.05, 0) is 18.9 Å². The molecule has 0 amide bonds. The van der Waals surface area contributed by atoms with Crippen molar-refractivity contribution in [1.82, 2.24) is 10.2 Å². The van der Waals surface area contributed by atoms with E-state index in [-0.39, 0.29) is 0 Å². The van der Waals surface area contributed by atoms with Crippen LogP contribution in [-0.4, -0.2) is 23.4 Å². The second-order valence-corrected chi connectivity index (χ2v) is 2.96. The Hall–Kier alpha value is -1.09. The molecule has 3 heteroatoms. The molecule has 0 spiro atoms. The van der Waals surface area contributed by atoms with Crippen LogP contribution in [0.2, 0.25) is 0 Å². The molecule has 2 rings (SSSR count). The largest absolute Gasteiger partial charge is 0.377 e. The van der Waals surface area contributed by atoms with Crippen LogP contribution in [-0.2, 0) is 4.74 Å². The normalized spacial score (nSPS) is 17.6. The van der Waals surface area contributed by atoms with Crippen LogP contribution < -0.4 is 0 Å². The fourth-order valence-corrected chi connectivity index (χ4v) is 1.45. The highest BCUT2D eigenvalue weighted by atomic mass is 16.5. The van der Waals surface area contributed by atoms with Crippen LogP contribution in [0.25, 0.3) is 5.57 Å². The first-order valence-corrected chi connectivity index (χ1v) is 4.15. The van der Waals surface area contributed by atoms with E-state index in [9.17, 15) is 0 Å². The summed E-state index contributed by atoms with van der Waals surface area (Å²) in [5, 5.41) is 6.92. The Labute approximate surface area is 71.4 Å². The SMILES string of the molecule is Cc1[nH]ncc1C1=CCOCC1.